The fourth-order valence-electron chi connectivity index (χ4n) is 1.63. The summed E-state index contributed by atoms with van der Waals surface area (Å²) >= 11 is 0. The molecule has 0 aliphatic heterocycles. The first-order valence-electron chi connectivity index (χ1n) is 5.33. The van der Waals surface area contributed by atoms with Crippen LogP contribution >= 0.6 is 0 Å². The lowest BCUT2D eigenvalue weighted by atomic mass is 10.1. The zero-order valence-corrected chi connectivity index (χ0v) is 10.1. The topological polar surface area (TPSA) is 38.0 Å². The highest BCUT2D eigenvalue weighted by Gasteiger charge is 2.11. The van der Waals surface area contributed by atoms with Gasteiger partial charge in [-0.15, -0.1) is 0 Å². The fourth-order valence-corrected chi connectivity index (χ4v) is 1.63. The number of aryl methyl sites for hydroxylation is 3. The Bertz CT molecular complexity index is 541. The highest BCUT2D eigenvalue weighted by Crippen LogP contribution is 2.24. The summed E-state index contributed by atoms with van der Waals surface area (Å²) < 4.78 is 1.58. The Morgan fingerprint density at radius 1 is 1.06 bits per heavy atom. The highest BCUT2D eigenvalue weighted by atomic mass is 16.3. The molecule has 0 saturated carbocycles. The van der Waals surface area contributed by atoms with Crippen LogP contribution in [-0.4, -0.2) is 14.9 Å². The first kappa shape index (κ1) is 10.7. The van der Waals surface area contributed by atoms with Crippen LogP contribution in [0.1, 0.15) is 22.4 Å². The zero-order valence-electron chi connectivity index (χ0n) is 10.1. The molecule has 2 rings (SSSR count). The third-order valence-corrected chi connectivity index (χ3v) is 3.06. The van der Waals surface area contributed by atoms with Crippen LogP contribution in [0, 0.1) is 27.7 Å². The van der Waals surface area contributed by atoms with E-state index in [9.17, 15) is 5.11 Å². The van der Waals surface area contributed by atoms with Crippen LogP contribution in [0.4, 0.5) is 0 Å². The Balaban J connectivity index is 2.59. The van der Waals surface area contributed by atoms with Crippen molar-refractivity contribution in [1.82, 2.24) is 9.78 Å². The van der Waals surface area contributed by atoms with Crippen molar-refractivity contribution in [2.45, 2.75) is 27.7 Å². The first-order valence-corrected chi connectivity index (χ1v) is 5.33. The van der Waals surface area contributed by atoms with Crippen LogP contribution in [0.25, 0.3) is 5.69 Å². The first-order chi connectivity index (χ1) is 7.50. The van der Waals surface area contributed by atoms with E-state index in [2.05, 4.69) is 18.9 Å². The number of rotatable bonds is 1. The molecule has 1 N–H and O–H groups in total. The Kier molecular flexibility index (Phi) is 2.46. The van der Waals surface area contributed by atoms with Crippen molar-refractivity contribution >= 4 is 0 Å². The van der Waals surface area contributed by atoms with E-state index in [0.717, 1.165) is 16.9 Å². The molecule has 0 saturated heterocycles. The molecule has 0 amide bonds. The number of hydrogen-bond acceptors (Lipinski definition) is 2. The second-order valence-electron chi connectivity index (χ2n) is 4.21. The predicted octanol–water partition coefficient (Wildman–Crippen LogP) is 2.81. The molecule has 1 heterocycles. The predicted molar refractivity (Wildman–Crippen MR) is 64.2 cm³/mol. The van der Waals surface area contributed by atoms with Crippen LogP contribution in [0.2, 0.25) is 0 Å². The minimum Gasteiger partial charge on any atom is -0.493 e. The minimum absolute atomic E-state index is 0.223. The summed E-state index contributed by atoms with van der Waals surface area (Å²) in [7, 11) is 0. The molecule has 0 aliphatic rings. The van der Waals surface area contributed by atoms with Gasteiger partial charge in [-0.05, 0) is 51.0 Å². The van der Waals surface area contributed by atoms with Crippen molar-refractivity contribution in [3.05, 3.63) is 40.6 Å². The lowest BCUT2D eigenvalue weighted by Crippen LogP contribution is -1.97. The lowest BCUT2D eigenvalue weighted by Gasteiger charge is -2.06. The number of benzene rings is 1. The van der Waals surface area contributed by atoms with Gasteiger partial charge in [-0.3, -0.25) is 0 Å². The highest BCUT2D eigenvalue weighted by molar-refractivity contribution is 5.43. The van der Waals surface area contributed by atoms with E-state index >= 15 is 0 Å². The lowest BCUT2D eigenvalue weighted by molar-refractivity contribution is 0.430. The van der Waals surface area contributed by atoms with E-state index in [-0.39, 0.29) is 5.88 Å². The summed E-state index contributed by atoms with van der Waals surface area (Å²) in [5.41, 5.74) is 5.03. The van der Waals surface area contributed by atoms with Crippen LogP contribution in [0.3, 0.4) is 0 Å². The quantitative estimate of drug-likeness (QED) is 0.796. The number of nitrogens with zero attached hydrogens (tertiary/aromatic N) is 2. The maximum absolute atomic E-state index is 9.93. The SMILES string of the molecule is Cc1ccc(-n2nc(C)c(C)c2O)cc1C. The molecule has 0 fully saturated rings. The number of aromatic hydroxyl groups is 1. The molecule has 0 spiro atoms. The van der Waals surface area contributed by atoms with Gasteiger partial charge in [0.25, 0.3) is 0 Å². The average molecular weight is 216 g/mol. The molecule has 16 heavy (non-hydrogen) atoms. The zero-order chi connectivity index (χ0) is 11.9. The van der Waals surface area contributed by atoms with Crippen molar-refractivity contribution in [2.75, 3.05) is 0 Å². The Hall–Kier alpha value is -1.77. The summed E-state index contributed by atoms with van der Waals surface area (Å²) in [6.45, 7) is 7.89. The molecular formula is C13H16N2O. The van der Waals surface area contributed by atoms with E-state index in [1.54, 1.807) is 4.68 Å². The van der Waals surface area contributed by atoms with Crippen LogP contribution in [0.15, 0.2) is 18.2 Å². The molecule has 0 aliphatic carbocycles. The van der Waals surface area contributed by atoms with Gasteiger partial charge in [0.2, 0.25) is 5.88 Å². The molecule has 0 atom stereocenters. The summed E-state index contributed by atoms with van der Waals surface area (Å²) in [6, 6.07) is 6.03. The van der Waals surface area contributed by atoms with Gasteiger partial charge in [0, 0.05) is 5.56 Å². The van der Waals surface area contributed by atoms with Crippen molar-refractivity contribution in [2.24, 2.45) is 0 Å². The summed E-state index contributed by atoms with van der Waals surface area (Å²) in [4.78, 5) is 0. The molecular weight excluding hydrogens is 200 g/mol. The summed E-state index contributed by atoms with van der Waals surface area (Å²) in [5.74, 6) is 0.223. The Morgan fingerprint density at radius 3 is 2.25 bits per heavy atom. The maximum Gasteiger partial charge on any atom is 0.217 e. The van der Waals surface area contributed by atoms with Crippen molar-refractivity contribution in [1.29, 1.82) is 0 Å². The molecule has 0 bridgehead atoms. The van der Waals surface area contributed by atoms with E-state index in [1.165, 1.54) is 11.1 Å². The molecule has 3 heteroatoms. The number of aromatic nitrogens is 2. The smallest absolute Gasteiger partial charge is 0.217 e. The van der Waals surface area contributed by atoms with Crippen LogP contribution < -0.4 is 0 Å². The fraction of sp³-hybridized carbons (Fsp3) is 0.308. The Labute approximate surface area is 95.3 Å². The van der Waals surface area contributed by atoms with E-state index < -0.39 is 0 Å². The van der Waals surface area contributed by atoms with E-state index in [0.29, 0.717) is 0 Å². The molecule has 84 valence electrons. The standard InChI is InChI=1S/C13H16N2O/c1-8-5-6-12(7-9(8)2)15-13(16)10(3)11(4)14-15/h5-7,16H,1-4H3. The second-order valence-corrected chi connectivity index (χ2v) is 4.21. The molecule has 1 aromatic carbocycles. The van der Waals surface area contributed by atoms with Crippen LogP contribution in [-0.2, 0) is 0 Å². The normalized spacial score (nSPS) is 10.8. The Morgan fingerprint density at radius 2 is 1.75 bits per heavy atom. The van der Waals surface area contributed by atoms with Crippen molar-refractivity contribution in [3.63, 3.8) is 0 Å². The summed E-state index contributed by atoms with van der Waals surface area (Å²) in [5, 5.41) is 14.2. The largest absolute Gasteiger partial charge is 0.493 e. The molecule has 0 unspecified atom stereocenters. The monoisotopic (exact) mass is 216 g/mol. The van der Waals surface area contributed by atoms with Gasteiger partial charge in [0.05, 0.1) is 11.4 Å². The third-order valence-electron chi connectivity index (χ3n) is 3.06. The van der Waals surface area contributed by atoms with Crippen LogP contribution in [0.5, 0.6) is 5.88 Å². The maximum atomic E-state index is 9.93. The van der Waals surface area contributed by atoms with E-state index in [4.69, 9.17) is 0 Å². The van der Waals surface area contributed by atoms with E-state index in [1.807, 2.05) is 32.0 Å². The van der Waals surface area contributed by atoms with Gasteiger partial charge < -0.3 is 5.11 Å². The minimum atomic E-state index is 0.223. The van der Waals surface area contributed by atoms with Gasteiger partial charge in [-0.25, -0.2) is 4.68 Å². The molecule has 1 aromatic heterocycles. The molecule has 2 aromatic rings. The van der Waals surface area contributed by atoms with Crippen molar-refractivity contribution < 1.29 is 5.11 Å². The van der Waals surface area contributed by atoms with Gasteiger partial charge in [-0.2, -0.15) is 5.10 Å². The summed E-state index contributed by atoms with van der Waals surface area (Å²) in [6.07, 6.45) is 0. The second kappa shape index (κ2) is 3.67. The molecule has 0 radical (unpaired) electrons. The average Bonchev–Trinajstić information content (AvgIpc) is 2.50. The van der Waals surface area contributed by atoms with Gasteiger partial charge in [0.1, 0.15) is 0 Å². The van der Waals surface area contributed by atoms with Gasteiger partial charge >= 0.3 is 0 Å². The molecule has 3 nitrogen and oxygen atoms in total. The third kappa shape index (κ3) is 1.58. The van der Waals surface area contributed by atoms with Gasteiger partial charge in [-0.1, -0.05) is 6.07 Å². The van der Waals surface area contributed by atoms with Gasteiger partial charge in [0.15, 0.2) is 0 Å². The number of hydrogen-bond donors (Lipinski definition) is 1. The van der Waals surface area contributed by atoms with Crippen molar-refractivity contribution in [3.8, 4) is 11.6 Å².